The Kier molecular flexibility index (Phi) is 5.49. The summed E-state index contributed by atoms with van der Waals surface area (Å²) in [6.45, 7) is 3.68. The SMILES string of the molecule is COc1cccc(C(=O)NC(CC(C)C)C(=O)O)c1F. The van der Waals surface area contributed by atoms with Gasteiger partial charge in [0.25, 0.3) is 5.91 Å². The summed E-state index contributed by atoms with van der Waals surface area (Å²) >= 11 is 0. The normalized spacial score (nSPS) is 12.1. The van der Waals surface area contributed by atoms with E-state index in [1.54, 1.807) is 0 Å². The number of halogens is 1. The van der Waals surface area contributed by atoms with Crippen LogP contribution in [0, 0.1) is 11.7 Å². The van der Waals surface area contributed by atoms with Crippen LogP contribution >= 0.6 is 0 Å². The lowest BCUT2D eigenvalue weighted by atomic mass is 10.0. The number of benzene rings is 1. The van der Waals surface area contributed by atoms with Crippen LogP contribution in [0.3, 0.4) is 0 Å². The van der Waals surface area contributed by atoms with Gasteiger partial charge < -0.3 is 15.2 Å². The van der Waals surface area contributed by atoms with Crippen LogP contribution < -0.4 is 10.1 Å². The van der Waals surface area contributed by atoms with Crippen molar-refractivity contribution in [2.45, 2.75) is 26.3 Å². The molecule has 1 aromatic carbocycles. The summed E-state index contributed by atoms with van der Waals surface area (Å²) < 4.78 is 18.7. The van der Waals surface area contributed by atoms with Gasteiger partial charge >= 0.3 is 5.97 Å². The smallest absolute Gasteiger partial charge is 0.326 e. The summed E-state index contributed by atoms with van der Waals surface area (Å²) in [5, 5.41) is 11.4. The molecule has 1 aromatic rings. The quantitative estimate of drug-likeness (QED) is 0.838. The van der Waals surface area contributed by atoms with Crippen molar-refractivity contribution in [1.82, 2.24) is 5.32 Å². The summed E-state index contributed by atoms with van der Waals surface area (Å²) in [6, 6.07) is 3.08. The molecule has 0 fully saturated rings. The second-order valence-corrected chi connectivity index (χ2v) is 4.82. The van der Waals surface area contributed by atoms with Crippen LogP contribution in [-0.2, 0) is 4.79 Å². The van der Waals surface area contributed by atoms with Crippen LogP contribution in [0.15, 0.2) is 18.2 Å². The molecule has 0 bridgehead atoms. The number of hydrogen-bond acceptors (Lipinski definition) is 3. The third kappa shape index (κ3) is 3.94. The highest BCUT2D eigenvalue weighted by Gasteiger charge is 2.24. The molecule has 0 aliphatic carbocycles. The van der Waals surface area contributed by atoms with Gasteiger partial charge in [-0.05, 0) is 24.5 Å². The first-order chi connectivity index (χ1) is 9.36. The molecule has 110 valence electrons. The predicted octanol–water partition coefficient (Wildman–Crippen LogP) is 2.06. The van der Waals surface area contributed by atoms with Crippen molar-refractivity contribution in [2.75, 3.05) is 7.11 Å². The van der Waals surface area contributed by atoms with Crippen molar-refractivity contribution in [1.29, 1.82) is 0 Å². The van der Waals surface area contributed by atoms with E-state index in [-0.39, 0.29) is 23.7 Å². The Morgan fingerprint density at radius 2 is 2.05 bits per heavy atom. The number of carbonyl (C=O) groups excluding carboxylic acids is 1. The van der Waals surface area contributed by atoms with Crippen LogP contribution in [0.25, 0.3) is 0 Å². The fourth-order valence-electron chi connectivity index (χ4n) is 1.77. The molecule has 0 heterocycles. The van der Waals surface area contributed by atoms with Crippen molar-refractivity contribution in [3.8, 4) is 5.75 Å². The van der Waals surface area contributed by atoms with Gasteiger partial charge in [0, 0.05) is 0 Å². The summed E-state index contributed by atoms with van der Waals surface area (Å²) in [4.78, 5) is 23.0. The third-order valence-electron chi connectivity index (χ3n) is 2.74. The summed E-state index contributed by atoms with van der Waals surface area (Å²) in [5.41, 5.74) is -0.237. The van der Waals surface area contributed by atoms with E-state index in [1.165, 1.54) is 25.3 Å². The summed E-state index contributed by atoms with van der Waals surface area (Å²) in [7, 11) is 1.29. The van der Waals surface area contributed by atoms with Crippen molar-refractivity contribution >= 4 is 11.9 Å². The first kappa shape index (κ1) is 15.9. The van der Waals surface area contributed by atoms with Crippen LogP contribution in [0.4, 0.5) is 4.39 Å². The van der Waals surface area contributed by atoms with Gasteiger partial charge in [-0.25, -0.2) is 9.18 Å². The van der Waals surface area contributed by atoms with Gasteiger partial charge in [-0.15, -0.1) is 0 Å². The highest BCUT2D eigenvalue weighted by molar-refractivity contribution is 5.97. The van der Waals surface area contributed by atoms with Crippen LogP contribution in [-0.4, -0.2) is 30.1 Å². The number of methoxy groups -OCH3 is 1. The van der Waals surface area contributed by atoms with E-state index >= 15 is 0 Å². The minimum atomic E-state index is -1.14. The average Bonchev–Trinajstić information content (AvgIpc) is 2.37. The lowest BCUT2D eigenvalue weighted by Gasteiger charge is -2.17. The van der Waals surface area contributed by atoms with Crippen molar-refractivity contribution in [3.63, 3.8) is 0 Å². The summed E-state index contributed by atoms with van der Waals surface area (Å²) in [6.07, 6.45) is 0.270. The fraction of sp³-hybridized carbons (Fsp3) is 0.429. The van der Waals surface area contributed by atoms with E-state index in [9.17, 15) is 14.0 Å². The maximum absolute atomic E-state index is 13.9. The molecule has 2 N–H and O–H groups in total. The lowest BCUT2D eigenvalue weighted by Crippen LogP contribution is -2.41. The molecule has 0 saturated carbocycles. The number of amides is 1. The Labute approximate surface area is 116 Å². The standard InChI is InChI=1S/C14H18FNO4/c1-8(2)7-10(14(18)19)16-13(17)9-5-4-6-11(20-3)12(9)15/h4-6,8,10H,7H2,1-3H3,(H,16,17)(H,18,19). The number of hydrogen-bond donors (Lipinski definition) is 2. The van der Waals surface area contributed by atoms with Gasteiger partial charge in [0.2, 0.25) is 0 Å². The Balaban J connectivity index is 2.92. The van der Waals surface area contributed by atoms with Gasteiger partial charge in [0.15, 0.2) is 11.6 Å². The minimum Gasteiger partial charge on any atom is -0.494 e. The molecule has 1 unspecified atom stereocenters. The van der Waals surface area contributed by atoms with E-state index in [2.05, 4.69) is 5.32 Å². The van der Waals surface area contributed by atoms with Crippen LogP contribution in [0.1, 0.15) is 30.6 Å². The molecule has 20 heavy (non-hydrogen) atoms. The number of ether oxygens (including phenoxy) is 1. The van der Waals surface area contributed by atoms with Crippen LogP contribution in [0.2, 0.25) is 0 Å². The molecule has 6 heteroatoms. The van der Waals surface area contributed by atoms with E-state index in [0.717, 1.165) is 0 Å². The number of carboxylic acids is 1. The summed E-state index contributed by atoms with van der Waals surface area (Å²) in [5.74, 6) is -2.69. The third-order valence-corrected chi connectivity index (χ3v) is 2.74. The minimum absolute atomic E-state index is 0.0617. The van der Waals surface area contributed by atoms with Crippen molar-refractivity contribution in [2.24, 2.45) is 5.92 Å². The molecular weight excluding hydrogens is 265 g/mol. The maximum Gasteiger partial charge on any atom is 0.326 e. The van der Waals surface area contributed by atoms with Gasteiger partial charge in [0.05, 0.1) is 12.7 Å². The van der Waals surface area contributed by atoms with E-state index < -0.39 is 23.7 Å². The number of carbonyl (C=O) groups is 2. The fourth-order valence-corrected chi connectivity index (χ4v) is 1.77. The van der Waals surface area contributed by atoms with E-state index in [4.69, 9.17) is 9.84 Å². The topological polar surface area (TPSA) is 75.6 Å². The Bertz CT molecular complexity index is 502. The zero-order chi connectivity index (χ0) is 15.3. The monoisotopic (exact) mass is 283 g/mol. The Morgan fingerprint density at radius 1 is 1.40 bits per heavy atom. The molecule has 1 amide bonds. The first-order valence-corrected chi connectivity index (χ1v) is 6.23. The van der Waals surface area contributed by atoms with Gasteiger partial charge in [-0.1, -0.05) is 19.9 Å². The molecule has 0 spiro atoms. The number of nitrogens with one attached hydrogen (secondary N) is 1. The van der Waals surface area contributed by atoms with E-state index in [1.807, 2.05) is 13.8 Å². The van der Waals surface area contributed by atoms with Crippen LogP contribution in [0.5, 0.6) is 5.75 Å². The second-order valence-electron chi connectivity index (χ2n) is 4.82. The highest BCUT2D eigenvalue weighted by Crippen LogP contribution is 2.20. The zero-order valence-corrected chi connectivity index (χ0v) is 11.6. The number of aliphatic carboxylic acids is 1. The Morgan fingerprint density at radius 3 is 2.55 bits per heavy atom. The predicted molar refractivity (Wildman–Crippen MR) is 71.3 cm³/mol. The number of carboxylic acid groups (broad SMARTS) is 1. The molecule has 0 aromatic heterocycles. The van der Waals surface area contributed by atoms with Crippen molar-refractivity contribution < 1.29 is 23.8 Å². The molecule has 0 radical (unpaired) electrons. The largest absolute Gasteiger partial charge is 0.494 e. The zero-order valence-electron chi connectivity index (χ0n) is 11.6. The van der Waals surface area contributed by atoms with Gasteiger partial charge in [-0.2, -0.15) is 0 Å². The average molecular weight is 283 g/mol. The second kappa shape index (κ2) is 6.88. The molecule has 0 aliphatic rings. The molecule has 0 aliphatic heterocycles. The number of rotatable bonds is 6. The molecule has 1 atom stereocenters. The Hall–Kier alpha value is -2.11. The molecule has 5 nitrogen and oxygen atoms in total. The molecule has 1 rings (SSSR count). The first-order valence-electron chi connectivity index (χ1n) is 6.23. The molecular formula is C14H18FNO4. The van der Waals surface area contributed by atoms with Gasteiger partial charge in [0.1, 0.15) is 6.04 Å². The maximum atomic E-state index is 13.9. The molecule has 0 saturated heterocycles. The lowest BCUT2D eigenvalue weighted by molar-refractivity contribution is -0.139. The van der Waals surface area contributed by atoms with Crippen molar-refractivity contribution in [3.05, 3.63) is 29.6 Å². The highest BCUT2D eigenvalue weighted by atomic mass is 19.1. The van der Waals surface area contributed by atoms with E-state index in [0.29, 0.717) is 0 Å². The van der Waals surface area contributed by atoms with Gasteiger partial charge in [-0.3, -0.25) is 4.79 Å².